The maximum atomic E-state index is 12.7. The topological polar surface area (TPSA) is 74.3 Å². The molecule has 6 nitrogen and oxygen atoms in total. The Labute approximate surface area is 161 Å². The fraction of sp³-hybridized carbons (Fsp3) is 0.250. The standard InChI is InChI=1S/C20H20N4O2S/c25-19(22-16-6-1-4-14-5-2-10-21-18(14)16)15-8-11-24(12-9-15)20(26)23-17-7-3-13-27-17/h1-7,10,13,15H,8-9,11-12H2,(H,22,25)(H,23,26). The van der Waals surface area contributed by atoms with E-state index in [-0.39, 0.29) is 17.9 Å². The van der Waals surface area contributed by atoms with Crippen molar-refractivity contribution in [2.45, 2.75) is 12.8 Å². The van der Waals surface area contributed by atoms with E-state index in [1.54, 1.807) is 11.1 Å². The first kappa shape index (κ1) is 17.5. The second-order valence-corrected chi connectivity index (χ2v) is 7.49. The molecule has 4 rings (SSSR count). The highest BCUT2D eigenvalue weighted by Gasteiger charge is 2.27. The van der Waals surface area contributed by atoms with E-state index in [0.717, 1.165) is 21.6 Å². The number of fused-ring (bicyclic) bond motifs is 1. The Morgan fingerprint density at radius 2 is 1.85 bits per heavy atom. The van der Waals surface area contributed by atoms with E-state index in [9.17, 15) is 9.59 Å². The van der Waals surface area contributed by atoms with Crippen molar-refractivity contribution in [1.82, 2.24) is 9.88 Å². The number of hydrogen-bond donors (Lipinski definition) is 2. The molecule has 1 aliphatic rings. The number of thiophene rings is 1. The van der Waals surface area contributed by atoms with Gasteiger partial charge in [0.15, 0.2) is 0 Å². The Bertz CT molecular complexity index is 944. The molecule has 138 valence electrons. The largest absolute Gasteiger partial charge is 0.324 e. The third kappa shape index (κ3) is 3.93. The predicted molar refractivity (Wildman–Crippen MR) is 108 cm³/mol. The van der Waals surface area contributed by atoms with Gasteiger partial charge in [0, 0.05) is 30.6 Å². The van der Waals surface area contributed by atoms with Gasteiger partial charge in [-0.15, -0.1) is 11.3 Å². The molecule has 1 saturated heterocycles. The number of benzene rings is 1. The molecular formula is C20H20N4O2S. The molecule has 1 aromatic carbocycles. The summed E-state index contributed by atoms with van der Waals surface area (Å²) in [5.41, 5.74) is 1.53. The van der Waals surface area contributed by atoms with Gasteiger partial charge in [-0.05, 0) is 42.5 Å². The molecule has 0 radical (unpaired) electrons. The lowest BCUT2D eigenvalue weighted by Gasteiger charge is -2.31. The van der Waals surface area contributed by atoms with Gasteiger partial charge >= 0.3 is 6.03 Å². The Kier molecular flexibility index (Phi) is 5.02. The van der Waals surface area contributed by atoms with E-state index in [4.69, 9.17) is 0 Å². The molecule has 1 aliphatic heterocycles. The fourth-order valence-electron chi connectivity index (χ4n) is 3.32. The average Bonchev–Trinajstić information content (AvgIpc) is 3.21. The summed E-state index contributed by atoms with van der Waals surface area (Å²) in [6, 6.07) is 13.3. The van der Waals surface area contributed by atoms with Crippen LogP contribution in [0.15, 0.2) is 54.0 Å². The molecule has 7 heteroatoms. The zero-order chi connectivity index (χ0) is 18.6. The number of rotatable bonds is 3. The predicted octanol–water partition coefficient (Wildman–Crippen LogP) is 4.18. The molecule has 27 heavy (non-hydrogen) atoms. The van der Waals surface area contributed by atoms with Crippen LogP contribution in [0.5, 0.6) is 0 Å². The summed E-state index contributed by atoms with van der Waals surface area (Å²) in [7, 11) is 0. The van der Waals surface area contributed by atoms with Crippen LogP contribution in [0.25, 0.3) is 10.9 Å². The molecule has 1 fully saturated rings. The van der Waals surface area contributed by atoms with Crippen molar-refractivity contribution >= 4 is 44.9 Å². The van der Waals surface area contributed by atoms with Crippen LogP contribution >= 0.6 is 11.3 Å². The van der Waals surface area contributed by atoms with Crippen molar-refractivity contribution in [2.24, 2.45) is 5.92 Å². The molecule has 3 aromatic rings. The lowest BCUT2D eigenvalue weighted by molar-refractivity contribution is -0.121. The van der Waals surface area contributed by atoms with Gasteiger partial charge in [0.25, 0.3) is 0 Å². The molecule has 3 heterocycles. The number of amides is 3. The average molecular weight is 380 g/mol. The van der Waals surface area contributed by atoms with Crippen molar-refractivity contribution in [3.05, 3.63) is 54.0 Å². The summed E-state index contributed by atoms with van der Waals surface area (Å²) in [5, 5.41) is 9.67. The summed E-state index contributed by atoms with van der Waals surface area (Å²) in [6.07, 6.45) is 3.03. The van der Waals surface area contributed by atoms with E-state index < -0.39 is 0 Å². The fourth-order valence-corrected chi connectivity index (χ4v) is 3.93. The third-order valence-electron chi connectivity index (χ3n) is 4.79. The van der Waals surface area contributed by atoms with Crippen molar-refractivity contribution in [2.75, 3.05) is 23.7 Å². The Morgan fingerprint density at radius 1 is 1.04 bits per heavy atom. The molecule has 0 unspecified atom stereocenters. The molecule has 0 spiro atoms. The van der Waals surface area contributed by atoms with Crippen molar-refractivity contribution in [1.29, 1.82) is 0 Å². The van der Waals surface area contributed by atoms with Crippen LogP contribution in [-0.4, -0.2) is 34.9 Å². The molecule has 0 saturated carbocycles. The number of carbonyl (C=O) groups excluding carboxylic acids is 2. The molecule has 2 N–H and O–H groups in total. The number of para-hydroxylation sites is 1. The normalized spacial score (nSPS) is 14.9. The van der Waals surface area contributed by atoms with Gasteiger partial charge in [-0.1, -0.05) is 18.2 Å². The SMILES string of the molecule is O=C(Nc1cccc2cccnc12)C1CCN(C(=O)Nc2cccs2)CC1. The highest BCUT2D eigenvalue weighted by molar-refractivity contribution is 7.14. The smallest absolute Gasteiger partial charge is 0.322 e. The maximum absolute atomic E-state index is 12.7. The second-order valence-electron chi connectivity index (χ2n) is 6.54. The lowest BCUT2D eigenvalue weighted by Crippen LogP contribution is -2.43. The van der Waals surface area contributed by atoms with Gasteiger partial charge in [0.05, 0.1) is 16.2 Å². The molecule has 0 atom stereocenters. The summed E-state index contributed by atoms with van der Waals surface area (Å²) >= 11 is 1.49. The van der Waals surface area contributed by atoms with Gasteiger partial charge < -0.3 is 10.2 Å². The molecule has 3 amide bonds. The van der Waals surface area contributed by atoms with Crippen LogP contribution in [0, 0.1) is 5.92 Å². The van der Waals surface area contributed by atoms with Gasteiger partial charge in [-0.2, -0.15) is 0 Å². The zero-order valence-electron chi connectivity index (χ0n) is 14.7. The Balaban J connectivity index is 1.35. The maximum Gasteiger partial charge on any atom is 0.322 e. The first-order valence-electron chi connectivity index (χ1n) is 8.95. The Morgan fingerprint density at radius 3 is 2.63 bits per heavy atom. The number of pyridine rings is 1. The molecular weight excluding hydrogens is 360 g/mol. The molecule has 0 bridgehead atoms. The summed E-state index contributed by atoms with van der Waals surface area (Å²) in [6.45, 7) is 1.15. The molecule has 0 aliphatic carbocycles. The van der Waals surface area contributed by atoms with Gasteiger partial charge in [-0.3, -0.25) is 15.1 Å². The van der Waals surface area contributed by atoms with Crippen LogP contribution < -0.4 is 10.6 Å². The number of carbonyl (C=O) groups is 2. The van der Waals surface area contributed by atoms with E-state index in [2.05, 4.69) is 15.6 Å². The summed E-state index contributed by atoms with van der Waals surface area (Å²) in [4.78, 5) is 31.1. The summed E-state index contributed by atoms with van der Waals surface area (Å²) < 4.78 is 0. The van der Waals surface area contributed by atoms with Gasteiger partial charge in [0.1, 0.15) is 0 Å². The number of aromatic nitrogens is 1. The number of nitrogens with zero attached hydrogens (tertiary/aromatic N) is 2. The van der Waals surface area contributed by atoms with E-state index in [1.807, 2.05) is 47.8 Å². The van der Waals surface area contributed by atoms with Gasteiger partial charge in [-0.25, -0.2) is 4.79 Å². The number of likely N-dealkylation sites (tertiary alicyclic amines) is 1. The van der Waals surface area contributed by atoms with Crippen LogP contribution in [0.2, 0.25) is 0 Å². The Hall–Kier alpha value is -2.93. The van der Waals surface area contributed by atoms with E-state index in [1.165, 1.54) is 11.3 Å². The minimum absolute atomic E-state index is 0.00790. The highest BCUT2D eigenvalue weighted by atomic mass is 32.1. The van der Waals surface area contributed by atoms with Crippen molar-refractivity contribution in [3.63, 3.8) is 0 Å². The highest BCUT2D eigenvalue weighted by Crippen LogP contribution is 2.24. The number of nitrogens with one attached hydrogen (secondary N) is 2. The third-order valence-corrected chi connectivity index (χ3v) is 5.58. The number of urea groups is 1. The number of hydrogen-bond acceptors (Lipinski definition) is 4. The van der Waals surface area contributed by atoms with E-state index in [0.29, 0.717) is 25.9 Å². The van der Waals surface area contributed by atoms with E-state index >= 15 is 0 Å². The minimum atomic E-state index is -0.102. The lowest BCUT2D eigenvalue weighted by atomic mass is 9.96. The van der Waals surface area contributed by atoms with Crippen LogP contribution in [0.3, 0.4) is 0 Å². The zero-order valence-corrected chi connectivity index (χ0v) is 15.5. The van der Waals surface area contributed by atoms with Crippen LogP contribution in [0.1, 0.15) is 12.8 Å². The number of anilines is 2. The van der Waals surface area contributed by atoms with Crippen LogP contribution in [-0.2, 0) is 4.79 Å². The molecule has 2 aromatic heterocycles. The van der Waals surface area contributed by atoms with Crippen molar-refractivity contribution in [3.8, 4) is 0 Å². The van der Waals surface area contributed by atoms with Crippen LogP contribution in [0.4, 0.5) is 15.5 Å². The number of piperidine rings is 1. The van der Waals surface area contributed by atoms with Gasteiger partial charge in [0.2, 0.25) is 5.91 Å². The first-order valence-corrected chi connectivity index (χ1v) is 9.83. The minimum Gasteiger partial charge on any atom is -0.324 e. The monoisotopic (exact) mass is 380 g/mol. The second kappa shape index (κ2) is 7.75. The summed E-state index contributed by atoms with van der Waals surface area (Å²) in [5.74, 6) is -0.110. The van der Waals surface area contributed by atoms with Crippen molar-refractivity contribution < 1.29 is 9.59 Å². The first-order chi connectivity index (χ1) is 13.2. The quantitative estimate of drug-likeness (QED) is 0.716.